The molecule has 3 aromatic rings. The van der Waals surface area contributed by atoms with Crippen molar-refractivity contribution < 1.29 is 32.6 Å². The summed E-state index contributed by atoms with van der Waals surface area (Å²) in [7, 11) is 0. The molecule has 3 aromatic carbocycles. The maximum Gasteiger partial charge on any atom is 0.416 e. The largest absolute Gasteiger partial charge is 0.489 e. The van der Waals surface area contributed by atoms with Crippen LogP contribution in [0.4, 0.5) is 13.2 Å². The van der Waals surface area contributed by atoms with Crippen molar-refractivity contribution in [2.45, 2.75) is 12.8 Å². The van der Waals surface area contributed by atoms with Gasteiger partial charge in [-0.2, -0.15) is 13.2 Å². The van der Waals surface area contributed by atoms with Gasteiger partial charge < -0.3 is 9.84 Å². The first-order chi connectivity index (χ1) is 16.1. The summed E-state index contributed by atoms with van der Waals surface area (Å²) < 4.78 is 44.0. The Labute approximate surface area is 201 Å². The highest BCUT2D eigenvalue weighted by Gasteiger charge is 2.33. The van der Waals surface area contributed by atoms with E-state index in [1.54, 1.807) is 12.1 Å². The molecule has 1 N–H and O–H groups in total. The van der Waals surface area contributed by atoms with Gasteiger partial charge in [0.15, 0.2) is 0 Å². The number of benzene rings is 3. The zero-order valence-electron chi connectivity index (χ0n) is 17.3. The van der Waals surface area contributed by atoms with Crippen molar-refractivity contribution in [1.29, 1.82) is 0 Å². The predicted octanol–water partition coefficient (Wildman–Crippen LogP) is 5.72. The molecular weight excluding hydrogens is 487 g/mol. The van der Waals surface area contributed by atoms with Gasteiger partial charge in [0, 0.05) is 0 Å². The number of amides is 1. The van der Waals surface area contributed by atoms with Gasteiger partial charge in [-0.3, -0.25) is 14.5 Å². The van der Waals surface area contributed by atoms with Crippen molar-refractivity contribution in [3.05, 3.63) is 82.3 Å². The average Bonchev–Trinajstić information content (AvgIpc) is 3.04. The lowest BCUT2D eigenvalue weighted by Gasteiger charge is -2.10. The van der Waals surface area contributed by atoms with Crippen molar-refractivity contribution in [1.82, 2.24) is 4.90 Å². The molecule has 0 saturated carbocycles. The molecule has 1 amide bonds. The van der Waals surface area contributed by atoms with E-state index < -0.39 is 30.2 Å². The van der Waals surface area contributed by atoms with Crippen LogP contribution in [0.15, 0.2) is 65.6 Å². The number of halogens is 3. The molecule has 0 bridgehead atoms. The predicted molar refractivity (Wildman–Crippen MR) is 127 cm³/mol. The van der Waals surface area contributed by atoms with E-state index in [-0.39, 0.29) is 10.9 Å². The number of nitrogens with zero attached hydrogens (tertiary/aromatic N) is 1. The van der Waals surface area contributed by atoms with E-state index >= 15 is 0 Å². The Morgan fingerprint density at radius 3 is 2.41 bits per heavy atom. The molecule has 10 heteroatoms. The number of ether oxygens (including phenoxy) is 1. The number of thiocarbonyl (C=S) groups is 1. The van der Waals surface area contributed by atoms with E-state index in [9.17, 15) is 22.8 Å². The minimum absolute atomic E-state index is 0.125. The summed E-state index contributed by atoms with van der Waals surface area (Å²) in [5, 5.41) is 10.7. The van der Waals surface area contributed by atoms with Crippen LogP contribution in [0.25, 0.3) is 16.8 Å². The lowest BCUT2D eigenvalue weighted by molar-refractivity contribution is -0.140. The Bertz CT molecular complexity index is 1320. The molecule has 1 aliphatic heterocycles. The van der Waals surface area contributed by atoms with Gasteiger partial charge in [-0.1, -0.05) is 54.3 Å². The third-order valence-corrected chi connectivity index (χ3v) is 6.37. The van der Waals surface area contributed by atoms with Crippen LogP contribution in [-0.2, 0) is 22.4 Å². The molecule has 5 nitrogen and oxygen atoms in total. The van der Waals surface area contributed by atoms with Crippen molar-refractivity contribution in [3.8, 4) is 5.75 Å². The number of carboxylic acid groups (broad SMARTS) is 1. The van der Waals surface area contributed by atoms with Gasteiger partial charge in [0.25, 0.3) is 5.91 Å². The highest BCUT2D eigenvalue weighted by Crippen LogP contribution is 2.33. The summed E-state index contributed by atoms with van der Waals surface area (Å²) in [6, 6.07) is 15.8. The Kier molecular flexibility index (Phi) is 6.63. The van der Waals surface area contributed by atoms with Crippen molar-refractivity contribution in [2.24, 2.45) is 0 Å². The van der Waals surface area contributed by atoms with Crippen LogP contribution in [0.5, 0.6) is 5.75 Å². The Morgan fingerprint density at radius 2 is 1.74 bits per heavy atom. The third-order valence-electron chi connectivity index (χ3n) is 4.99. The van der Waals surface area contributed by atoms with E-state index in [1.807, 2.05) is 30.3 Å². The van der Waals surface area contributed by atoms with E-state index in [0.717, 1.165) is 45.1 Å². The first-order valence-corrected chi connectivity index (χ1v) is 11.1. The Morgan fingerprint density at radius 1 is 1.06 bits per heavy atom. The van der Waals surface area contributed by atoms with Crippen LogP contribution in [-0.4, -0.2) is 32.7 Å². The number of thioether (sulfide) groups is 1. The lowest BCUT2D eigenvalue weighted by Crippen LogP contribution is -2.33. The van der Waals surface area contributed by atoms with Crippen molar-refractivity contribution in [2.75, 3.05) is 6.54 Å². The monoisotopic (exact) mass is 503 g/mol. The van der Waals surface area contributed by atoms with Crippen LogP contribution in [0.3, 0.4) is 0 Å². The maximum absolute atomic E-state index is 12.7. The zero-order chi connectivity index (χ0) is 24.5. The van der Waals surface area contributed by atoms with Gasteiger partial charge in [0.05, 0.1) is 10.5 Å². The fraction of sp³-hybridized carbons (Fsp3) is 0.125. The normalized spacial score (nSPS) is 15.4. The molecule has 174 valence electrons. The smallest absolute Gasteiger partial charge is 0.416 e. The second kappa shape index (κ2) is 9.47. The summed E-state index contributed by atoms with van der Waals surface area (Å²) in [5.41, 5.74) is 0.659. The summed E-state index contributed by atoms with van der Waals surface area (Å²) in [5.74, 6) is -1.01. The van der Waals surface area contributed by atoms with E-state index in [1.165, 1.54) is 12.1 Å². The van der Waals surface area contributed by atoms with Crippen LogP contribution >= 0.6 is 24.0 Å². The number of carbonyl (C=O) groups is 2. The molecule has 4 rings (SSSR count). The lowest BCUT2D eigenvalue weighted by atomic mass is 10.1. The minimum atomic E-state index is -4.37. The molecule has 0 aliphatic carbocycles. The molecule has 0 radical (unpaired) electrons. The number of hydrogen-bond acceptors (Lipinski definition) is 5. The van der Waals surface area contributed by atoms with E-state index in [2.05, 4.69) is 0 Å². The van der Waals surface area contributed by atoms with Gasteiger partial charge in [0.1, 0.15) is 23.2 Å². The Balaban J connectivity index is 1.46. The SMILES string of the molecule is O=C(O)CN1C(=O)/C(=C\c2ccc3cc(OCc4ccc(C(F)(F)F)cc4)ccc3c2)SC1=S. The first kappa shape index (κ1) is 23.8. The van der Waals surface area contributed by atoms with Gasteiger partial charge in [-0.05, 0) is 58.3 Å². The van der Waals surface area contributed by atoms with Crippen LogP contribution in [0.2, 0.25) is 0 Å². The fourth-order valence-corrected chi connectivity index (χ4v) is 4.56. The summed E-state index contributed by atoms with van der Waals surface area (Å²) in [6.07, 6.45) is -2.71. The first-order valence-electron chi connectivity index (χ1n) is 9.90. The van der Waals surface area contributed by atoms with Crippen molar-refractivity contribution in [3.63, 3.8) is 0 Å². The molecule has 0 atom stereocenters. The number of carboxylic acids is 1. The maximum atomic E-state index is 12.7. The van der Waals surface area contributed by atoms with Crippen LogP contribution in [0.1, 0.15) is 16.7 Å². The standard InChI is InChI=1S/C24H16F3NO4S2/c25-24(26,27)18-6-2-14(3-7-18)13-32-19-8-5-16-9-15(1-4-17(16)11-19)10-20-22(31)28(12-21(29)30)23(33)34-20/h1-11H,12-13H2,(H,29,30)/b20-10+. The van der Waals surface area contributed by atoms with Gasteiger partial charge in [0.2, 0.25) is 0 Å². The molecular formula is C24H16F3NO4S2. The quantitative estimate of drug-likeness (QED) is 0.343. The number of rotatable bonds is 6. The van der Waals surface area contributed by atoms with E-state index in [0.29, 0.717) is 16.2 Å². The third kappa shape index (κ3) is 5.40. The van der Waals surface area contributed by atoms with Gasteiger partial charge >= 0.3 is 12.1 Å². The molecule has 1 fully saturated rings. The fourth-order valence-electron chi connectivity index (χ4n) is 3.30. The minimum Gasteiger partial charge on any atom is -0.489 e. The summed E-state index contributed by atoms with van der Waals surface area (Å²) >= 11 is 6.16. The number of hydrogen-bond donors (Lipinski definition) is 1. The number of aliphatic carboxylic acids is 1. The number of alkyl halides is 3. The number of carbonyl (C=O) groups excluding carboxylic acids is 1. The highest BCUT2D eigenvalue weighted by molar-refractivity contribution is 8.26. The molecule has 1 aliphatic rings. The molecule has 0 spiro atoms. The van der Waals surface area contributed by atoms with Crippen molar-refractivity contribution >= 4 is 57.0 Å². The summed E-state index contributed by atoms with van der Waals surface area (Å²) in [6.45, 7) is -0.352. The molecule has 0 unspecified atom stereocenters. The van der Waals surface area contributed by atoms with E-state index in [4.69, 9.17) is 22.1 Å². The topological polar surface area (TPSA) is 66.8 Å². The second-order valence-electron chi connectivity index (χ2n) is 7.41. The Hall–Kier alpha value is -3.37. The van der Waals surface area contributed by atoms with Crippen LogP contribution < -0.4 is 4.74 Å². The average molecular weight is 504 g/mol. The summed E-state index contributed by atoms with van der Waals surface area (Å²) in [4.78, 5) is 24.8. The van der Waals surface area contributed by atoms with Gasteiger partial charge in [-0.25, -0.2) is 0 Å². The number of fused-ring (bicyclic) bond motifs is 1. The zero-order valence-corrected chi connectivity index (χ0v) is 19.0. The highest BCUT2D eigenvalue weighted by atomic mass is 32.2. The van der Waals surface area contributed by atoms with Gasteiger partial charge in [-0.15, -0.1) is 0 Å². The molecule has 1 heterocycles. The second-order valence-corrected chi connectivity index (χ2v) is 9.09. The molecule has 0 aromatic heterocycles. The van der Waals surface area contributed by atoms with Crippen LogP contribution in [0, 0.1) is 0 Å². The molecule has 34 heavy (non-hydrogen) atoms. The molecule has 1 saturated heterocycles.